The Balaban J connectivity index is 1.51. The van der Waals surface area contributed by atoms with Crippen molar-refractivity contribution in [1.29, 1.82) is 0 Å². The zero-order valence-electron chi connectivity index (χ0n) is 17.7. The first-order valence-corrected chi connectivity index (χ1v) is 12.4. The van der Waals surface area contributed by atoms with Crippen molar-refractivity contribution in [2.45, 2.75) is 37.1 Å². The maximum atomic E-state index is 13.1. The second-order valence-electron chi connectivity index (χ2n) is 7.67. The lowest BCUT2D eigenvalue weighted by Gasteiger charge is -2.20. The predicted molar refractivity (Wildman–Crippen MR) is 123 cm³/mol. The molecule has 0 saturated carbocycles. The molecule has 10 nitrogen and oxygen atoms in total. The Morgan fingerprint density at radius 1 is 1.00 bits per heavy atom. The number of amides is 1. The van der Waals surface area contributed by atoms with Gasteiger partial charge in [0.1, 0.15) is 6.54 Å². The number of rotatable bonds is 6. The van der Waals surface area contributed by atoms with Crippen molar-refractivity contribution in [2.24, 2.45) is 0 Å². The predicted octanol–water partition coefficient (Wildman–Crippen LogP) is 2.29. The van der Waals surface area contributed by atoms with Crippen molar-refractivity contribution < 1.29 is 13.2 Å². The lowest BCUT2D eigenvalue weighted by molar-refractivity contribution is -0.117. The Bertz CT molecular complexity index is 1300. The number of aromatic nitrogens is 4. The number of nitrogens with zero attached hydrogens (tertiary/aromatic N) is 5. The van der Waals surface area contributed by atoms with Gasteiger partial charge >= 0.3 is 5.69 Å². The van der Waals surface area contributed by atoms with Gasteiger partial charge in [-0.25, -0.2) is 13.2 Å². The zero-order chi connectivity index (χ0) is 23.4. The highest BCUT2D eigenvalue weighted by Crippen LogP contribution is 2.28. The summed E-state index contributed by atoms with van der Waals surface area (Å²) in [4.78, 5) is 25.1. The summed E-state index contributed by atoms with van der Waals surface area (Å²) in [6.07, 6.45) is 3.63. The molecule has 1 saturated heterocycles. The minimum absolute atomic E-state index is 0.0521. The van der Waals surface area contributed by atoms with Crippen LogP contribution in [0.2, 0.25) is 5.02 Å². The average molecular weight is 491 g/mol. The fraction of sp³-hybridized carbons (Fsp3) is 0.333. The van der Waals surface area contributed by atoms with Gasteiger partial charge in [-0.05, 0) is 53.6 Å². The normalized spacial score (nSPS) is 15.2. The van der Waals surface area contributed by atoms with E-state index in [1.165, 1.54) is 22.5 Å². The van der Waals surface area contributed by atoms with E-state index < -0.39 is 28.2 Å². The number of carbonyl (C=O) groups excluding carboxylic acids is 1. The molecule has 4 rings (SSSR count). The molecule has 1 aliphatic heterocycles. The molecule has 1 N–H and O–H groups in total. The SMILES string of the molecule is O=C(Cn1nnn(-c2ccccc2)c1=O)Nc1cc(S(=O)(=O)N2CCCCCC2)ccc1Cl. The molecule has 1 fully saturated rings. The minimum atomic E-state index is -3.71. The summed E-state index contributed by atoms with van der Waals surface area (Å²) in [6.45, 7) is 0.518. The maximum Gasteiger partial charge on any atom is 0.368 e. The highest BCUT2D eigenvalue weighted by molar-refractivity contribution is 7.89. The van der Waals surface area contributed by atoms with Crippen molar-refractivity contribution in [3.63, 3.8) is 0 Å². The van der Waals surface area contributed by atoms with Crippen LogP contribution in [0.25, 0.3) is 5.69 Å². The van der Waals surface area contributed by atoms with E-state index in [-0.39, 0.29) is 15.6 Å². The molecule has 0 aliphatic carbocycles. The van der Waals surface area contributed by atoms with Crippen LogP contribution in [0.1, 0.15) is 25.7 Å². The molecule has 0 bridgehead atoms. The number of halogens is 1. The summed E-state index contributed by atoms with van der Waals surface area (Å²) < 4.78 is 29.6. The number of benzene rings is 2. The molecular weight excluding hydrogens is 468 g/mol. The van der Waals surface area contributed by atoms with Crippen molar-refractivity contribution in [3.8, 4) is 5.69 Å². The molecule has 3 aromatic rings. The van der Waals surface area contributed by atoms with Crippen LogP contribution in [-0.2, 0) is 21.4 Å². The van der Waals surface area contributed by atoms with E-state index in [0.29, 0.717) is 18.8 Å². The third-order valence-corrected chi connectivity index (χ3v) is 7.57. The summed E-state index contributed by atoms with van der Waals surface area (Å²) in [5, 5.41) is 10.3. The van der Waals surface area contributed by atoms with Crippen molar-refractivity contribution in [3.05, 3.63) is 64.0 Å². The van der Waals surface area contributed by atoms with Crippen LogP contribution >= 0.6 is 11.6 Å². The molecule has 0 spiro atoms. The summed E-state index contributed by atoms with van der Waals surface area (Å²) in [5.41, 5.74) is 0.0737. The Labute approximate surface area is 195 Å². The van der Waals surface area contributed by atoms with Gasteiger partial charge in [-0.2, -0.15) is 13.7 Å². The minimum Gasteiger partial charge on any atom is -0.323 e. The number of tetrazole rings is 1. The smallest absolute Gasteiger partial charge is 0.323 e. The van der Waals surface area contributed by atoms with E-state index in [2.05, 4.69) is 15.7 Å². The van der Waals surface area contributed by atoms with Crippen LogP contribution in [0.5, 0.6) is 0 Å². The molecule has 0 atom stereocenters. The molecule has 0 radical (unpaired) electrons. The van der Waals surface area contributed by atoms with Gasteiger partial charge in [-0.3, -0.25) is 4.79 Å². The summed E-state index contributed by atoms with van der Waals surface area (Å²) >= 11 is 6.20. The van der Waals surface area contributed by atoms with Gasteiger partial charge in [0.05, 0.1) is 21.3 Å². The van der Waals surface area contributed by atoms with Crippen LogP contribution in [0.4, 0.5) is 5.69 Å². The summed E-state index contributed by atoms with van der Waals surface area (Å²) in [5.74, 6) is -0.594. The van der Waals surface area contributed by atoms with Crippen LogP contribution in [-0.4, -0.2) is 51.5 Å². The van der Waals surface area contributed by atoms with Gasteiger partial charge in [0.2, 0.25) is 15.9 Å². The van der Waals surface area contributed by atoms with Crippen LogP contribution in [0.3, 0.4) is 0 Å². The van der Waals surface area contributed by atoms with E-state index in [1.807, 2.05) is 0 Å². The molecule has 174 valence electrons. The molecule has 1 aliphatic rings. The molecule has 0 unspecified atom stereocenters. The molecule has 1 amide bonds. The Morgan fingerprint density at radius 3 is 2.39 bits per heavy atom. The number of hydrogen-bond donors (Lipinski definition) is 1. The van der Waals surface area contributed by atoms with Crippen LogP contribution < -0.4 is 11.0 Å². The third-order valence-electron chi connectivity index (χ3n) is 5.35. The Hall–Kier alpha value is -3.02. The van der Waals surface area contributed by atoms with E-state index in [0.717, 1.165) is 35.0 Å². The number of sulfonamides is 1. The zero-order valence-corrected chi connectivity index (χ0v) is 19.3. The lowest BCUT2D eigenvalue weighted by atomic mass is 10.2. The summed E-state index contributed by atoms with van der Waals surface area (Å²) in [7, 11) is -3.71. The largest absolute Gasteiger partial charge is 0.368 e. The topological polar surface area (TPSA) is 119 Å². The van der Waals surface area contributed by atoms with Crippen molar-refractivity contribution >= 4 is 33.2 Å². The molecule has 1 aromatic heterocycles. The van der Waals surface area contributed by atoms with Gasteiger partial charge in [0.25, 0.3) is 0 Å². The standard InChI is InChI=1S/C21H23ClN6O4S/c22-18-11-10-17(33(31,32)26-12-6-1-2-7-13-26)14-19(18)23-20(29)15-27-21(30)28(25-24-27)16-8-4-3-5-9-16/h3-5,8-11,14H,1-2,6-7,12-13,15H2,(H,23,29). The van der Waals surface area contributed by atoms with E-state index in [9.17, 15) is 18.0 Å². The molecule has 2 heterocycles. The first kappa shape index (κ1) is 23.1. The number of hydrogen-bond acceptors (Lipinski definition) is 6. The summed E-state index contributed by atoms with van der Waals surface area (Å²) in [6, 6.07) is 12.9. The lowest BCUT2D eigenvalue weighted by Crippen LogP contribution is -2.32. The van der Waals surface area contributed by atoms with E-state index in [1.54, 1.807) is 30.3 Å². The average Bonchev–Trinajstić information content (AvgIpc) is 3.00. The Kier molecular flexibility index (Phi) is 6.91. The van der Waals surface area contributed by atoms with Gasteiger partial charge in [0.15, 0.2) is 0 Å². The van der Waals surface area contributed by atoms with Crippen molar-refractivity contribution in [2.75, 3.05) is 18.4 Å². The molecule has 2 aromatic carbocycles. The molecule has 12 heteroatoms. The Morgan fingerprint density at radius 2 is 1.70 bits per heavy atom. The molecule has 33 heavy (non-hydrogen) atoms. The number of para-hydroxylation sites is 1. The van der Waals surface area contributed by atoms with Crippen molar-refractivity contribution in [1.82, 2.24) is 24.1 Å². The number of nitrogens with one attached hydrogen (secondary N) is 1. The molecular formula is C21H23ClN6O4S. The number of anilines is 1. The van der Waals surface area contributed by atoms with E-state index >= 15 is 0 Å². The van der Waals surface area contributed by atoms with Crippen LogP contribution in [0.15, 0.2) is 58.2 Å². The van der Waals surface area contributed by atoms with E-state index in [4.69, 9.17) is 11.6 Å². The number of carbonyl (C=O) groups is 1. The quantitative estimate of drug-likeness (QED) is 0.566. The van der Waals surface area contributed by atoms with Gasteiger partial charge in [0, 0.05) is 13.1 Å². The van der Waals surface area contributed by atoms with Gasteiger partial charge < -0.3 is 5.32 Å². The maximum absolute atomic E-state index is 13.1. The fourth-order valence-corrected chi connectivity index (χ4v) is 5.33. The second kappa shape index (κ2) is 9.86. The van der Waals surface area contributed by atoms with Gasteiger partial charge in [-0.15, -0.1) is 0 Å². The third kappa shape index (κ3) is 5.15. The first-order chi connectivity index (χ1) is 15.9. The fourth-order valence-electron chi connectivity index (χ4n) is 3.62. The highest BCUT2D eigenvalue weighted by atomic mass is 35.5. The first-order valence-electron chi connectivity index (χ1n) is 10.5. The monoisotopic (exact) mass is 490 g/mol. The van der Waals surface area contributed by atoms with Crippen LogP contribution in [0, 0.1) is 0 Å². The second-order valence-corrected chi connectivity index (χ2v) is 10.0. The van der Waals surface area contributed by atoms with Gasteiger partial charge in [-0.1, -0.05) is 42.6 Å². The highest BCUT2D eigenvalue weighted by Gasteiger charge is 2.26.